The van der Waals surface area contributed by atoms with Crippen molar-refractivity contribution in [1.29, 1.82) is 0 Å². The van der Waals surface area contributed by atoms with Crippen LogP contribution in [0, 0.1) is 12.7 Å². The number of aryl methyl sites for hydroxylation is 1. The van der Waals surface area contributed by atoms with Gasteiger partial charge in [-0.2, -0.15) is 0 Å². The topological polar surface area (TPSA) is 85.8 Å². The number of rotatable bonds is 5. The summed E-state index contributed by atoms with van der Waals surface area (Å²) in [5, 5.41) is 10.5. The third-order valence-electron chi connectivity index (χ3n) is 3.90. The van der Waals surface area contributed by atoms with E-state index < -0.39 is 5.91 Å². The van der Waals surface area contributed by atoms with E-state index in [1.54, 1.807) is 12.1 Å². The highest BCUT2D eigenvalue weighted by Gasteiger charge is 2.18. The van der Waals surface area contributed by atoms with Crippen LogP contribution in [0.2, 0.25) is 0 Å². The van der Waals surface area contributed by atoms with Crippen LogP contribution in [0.25, 0.3) is 0 Å². The van der Waals surface area contributed by atoms with E-state index in [2.05, 4.69) is 31.6 Å². The number of nitrogens with one attached hydrogen (secondary N) is 1. The van der Waals surface area contributed by atoms with E-state index in [9.17, 15) is 9.18 Å². The fraction of sp³-hybridized carbons (Fsp3) is 0.167. The number of hydrogen-bond donors (Lipinski definition) is 2. The van der Waals surface area contributed by atoms with Crippen molar-refractivity contribution in [2.24, 2.45) is 0 Å². The highest BCUT2D eigenvalue weighted by atomic mass is 79.9. The number of benzene rings is 2. The lowest BCUT2D eigenvalue weighted by Gasteiger charge is -2.06. The SMILES string of the molecule is Cc1ccc(CNC(=O)c2nnn(Cc3ccc(Br)cc3F)c2N)cc1. The number of aromatic nitrogens is 3. The molecule has 0 saturated heterocycles. The van der Waals surface area contributed by atoms with Gasteiger partial charge in [-0.1, -0.05) is 57.0 Å². The second kappa shape index (κ2) is 7.65. The molecule has 1 aromatic heterocycles. The van der Waals surface area contributed by atoms with E-state index in [0.717, 1.165) is 11.1 Å². The first-order chi connectivity index (χ1) is 12.4. The van der Waals surface area contributed by atoms with Gasteiger partial charge in [-0.15, -0.1) is 5.10 Å². The van der Waals surface area contributed by atoms with E-state index in [4.69, 9.17) is 5.73 Å². The largest absolute Gasteiger partial charge is 0.382 e. The van der Waals surface area contributed by atoms with Gasteiger partial charge in [0.2, 0.25) is 0 Å². The molecule has 3 rings (SSSR count). The number of nitrogens with two attached hydrogens (primary N) is 1. The van der Waals surface area contributed by atoms with Gasteiger partial charge in [-0.25, -0.2) is 9.07 Å². The van der Waals surface area contributed by atoms with Gasteiger partial charge in [0.15, 0.2) is 11.5 Å². The van der Waals surface area contributed by atoms with Crippen LogP contribution in [0.5, 0.6) is 0 Å². The summed E-state index contributed by atoms with van der Waals surface area (Å²) in [5.41, 5.74) is 8.50. The molecule has 3 N–H and O–H groups in total. The first kappa shape index (κ1) is 18.1. The zero-order valence-electron chi connectivity index (χ0n) is 14.0. The summed E-state index contributed by atoms with van der Waals surface area (Å²) in [6, 6.07) is 12.5. The third-order valence-corrected chi connectivity index (χ3v) is 4.39. The standard InChI is InChI=1S/C18H17BrFN5O/c1-11-2-4-12(5-3-11)9-22-18(26)16-17(21)25(24-23-16)10-13-6-7-14(19)8-15(13)20/h2-8H,9-10,21H2,1H3,(H,22,26). The van der Waals surface area contributed by atoms with Gasteiger partial charge in [0.1, 0.15) is 5.82 Å². The predicted molar refractivity (Wildman–Crippen MR) is 100.0 cm³/mol. The number of nitrogens with zero attached hydrogens (tertiary/aromatic N) is 3. The van der Waals surface area contributed by atoms with Crippen molar-refractivity contribution >= 4 is 27.7 Å². The van der Waals surface area contributed by atoms with Crippen molar-refractivity contribution in [3.8, 4) is 0 Å². The number of nitrogen functional groups attached to an aromatic ring is 1. The molecule has 0 aliphatic rings. The molecular weight excluding hydrogens is 401 g/mol. The van der Waals surface area contributed by atoms with Crippen LogP contribution >= 0.6 is 15.9 Å². The highest BCUT2D eigenvalue weighted by molar-refractivity contribution is 9.10. The average molecular weight is 418 g/mol. The van der Waals surface area contributed by atoms with E-state index in [0.29, 0.717) is 16.6 Å². The Kier molecular flexibility index (Phi) is 5.32. The molecule has 0 unspecified atom stereocenters. The molecule has 0 fully saturated rings. The zero-order chi connectivity index (χ0) is 18.7. The molecule has 134 valence electrons. The molecule has 0 aliphatic carbocycles. The number of anilines is 1. The number of carbonyl (C=O) groups excluding carboxylic acids is 1. The number of halogens is 2. The van der Waals surface area contributed by atoms with Crippen LogP contribution in [-0.4, -0.2) is 20.9 Å². The van der Waals surface area contributed by atoms with Gasteiger partial charge < -0.3 is 11.1 Å². The molecule has 6 nitrogen and oxygen atoms in total. The Morgan fingerprint density at radius 3 is 2.69 bits per heavy atom. The lowest BCUT2D eigenvalue weighted by molar-refractivity contribution is 0.0946. The molecule has 0 spiro atoms. The van der Waals surface area contributed by atoms with Crippen molar-refractivity contribution in [3.63, 3.8) is 0 Å². The minimum Gasteiger partial charge on any atom is -0.382 e. The summed E-state index contributed by atoms with van der Waals surface area (Å²) < 4.78 is 15.9. The Labute approximate surface area is 158 Å². The minimum absolute atomic E-state index is 0.0228. The maximum absolute atomic E-state index is 14.0. The van der Waals surface area contributed by atoms with E-state index in [-0.39, 0.29) is 23.9 Å². The van der Waals surface area contributed by atoms with Crippen LogP contribution in [0.3, 0.4) is 0 Å². The van der Waals surface area contributed by atoms with Crippen LogP contribution in [0.15, 0.2) is 46.9 Å². The van der Waals surface area contributed by atoms with Gasteiger partial charge in [0.25, 0.3) is 5.91 Å². The lowest BCUT2D eigenvalue weighted by atomic mass is 10.1. The van der Waals surface area contributed by atoms with Crippen LogP contribution in [0.1, 0.15) is 27.2 Å². The van der Waals surface area contributed by atoms with Gasteiger partial charge in [0.05, 0.1) is 6.54 Å². The Morgan fingerprint density at radius 2 is 2.00 bits per heavy atom. The molecule has 0 aliphatic heterocycles. The molecule has 0 atom stereocenters. The summed E-state index contributed by atoms with van der Waals surface area (Å²) in [4.78, 5) is 12.3. The molecule has 8 heteroatoms. The summed E-state index contributed by atoms with van der Waals surface area (Å²) in [6.07, 6.45) is 0. The fourth-order valence-corrected chi connectivity index (χ4v) is 2.72. The number of amides is 1. The third kappa shape index (κ3) is 4.08. The van der Waals surface area contributed by atoms with E-state index in [1.165, 1.54) is 10.7 Å². The van der Waals surface area contributed by atoms with Crippen molar-refractivity contribution in [2.75, 3.05) is 5.73 Å². The maximum atomic E-state index is 14.0. The quantitative estimate of drug-likeness (QED) is 0.667. The normalized spacial score (nSPS) is 10.7. The molecule has 0 bridgehead atoms. The number of carbonyl (C=O) groups is 1. The van der Waals surface area contributed by atoms with Crippen molar-refractivity contribution in [1.82, 2.24) is 20.3 Å². The number of hydrogen-bond acceptors (Lipinski definition) is 4. The monoisotopic (exact) mass is 417 g/mol. The lowest BCUT2D eigenvalue weighted by Crippen LogP contribution is -2.24. The average Bonchev–Trinajstić information content (AvgIpc) is 2.97. The Balaban J connectivity index is 1.69. The molecule has 26 heavy (non-hydrogen) atoms. The first-order valence-corrected chi connectivity index (χ1v) is 8.70. The van der Waals surface area contributed by atoms with Crippen LogP contribution in [-0.2, 0) is 13.1 Å². The molecule has 3 aromatic rings. The summed E-state index contributed by atoms with van der Waals surface area (Å²) in [5.74, 6) is -0.723. The van der Waals surface area contributed by atoms with Crippen LogP contribution in [0.4, 0.5) is 10.2 Å². The molecular formula is C18H17BrFN5O. The fourth-order valence-electron chi connectivity index (χ4n) is 2.38. The second-order valence-electron chi connectivity index (χ2n) is 5.88. The van der Waals surface area contributed by atoms with Crippen molar-refractivity contribution in [2.45, 2.75) is 20.0 Å². The molecule has 0 radical (unpaired) electrons. The van der Waals surface area contributed by atoms with Gasteiger partial charge >= 0.3 is 0 Å². The van der Waals surface area contributed by atoms with Gasteiger partial charge in [-0.05, 0) is 24.6 Å². The zero-order valence-corrected chi connectivity index (χ0v) is 15.6. The van der Waals surface area contributed by atoms with E-state index >= 15 is 0 Å². The molecule has 0 saturated carbocycles. The van der Waals surface area contributed by atoms with Gasteiger partial charge in [0, 0.05) is 16.6 Å². The summed E-state index contributed by atoms with van der Waals surface area (Å²) in [6.45, 7) is 2.44. The van der Waals surface area contributed by atoms with Crippen molar-refractivity contribution < 1.29 is 9.18 Å². The Morgan fingerprint density at radius 1 is 1.27 bits per heavy atom. The minimum atomic E-state index is -0.425. The second-order valence-corrected chi connectivity index (χ2v) is 6.80. The Bertz CT molecular complexity index is 939. The highest BCUT2D eigenvalue weighted by Crippen LogP contribution is 2.18. The first-order valence-electron chi connectivity index (χ1n) is 7.90. The smallest absolute Gasteiger partial charge is 0.275 e. The Hall–Kier alpha value is -2.74. The molecule has 1 amide bonds. The predicted octanol–water partition coefficient (Wildman–Crippen LogP) is 3.05. The summed E-state index contributed by atoms with van der Waals surface area (Å²) >= 11 is 3.21. The maximum Gasteiger partial charge on any atom is 0.275 e. The molecule has 1 heterocycles. The van der Waals surface area contributed by atoms with Gasteiger partial charge in [-0.3, -0.25) is 4.79 Å². The summed E-state index contributed by atoms with van der Waals surface area (Å²) in [7, 11) is 0. The van der Waals surface area contributed by atoms with Crippen molar-refractivity contribution in [3.05, 3.63) is 75.1 Å². The van der Waals surface area contributed by atoms with E-state index in [1.807, 2.05) is 31.2 Å². The molecule has 2 aromatic carbocycles. The van der Waals surface area contributed by atoms with Crippen LogP contribution < -0.4 is 11.1 Å².